The second-order valence-electron chi connectivity index (χ2n) is 10.3. The van der Waals surface area contributed by atoms with Crippen LogP contribution >= 0.6 is 0 Å². The van der Waals surface area contributed by atoms with Crippen LogP contribution in [-0.4, -0.2) is 28.7 Å². The van der Waals surface area contributed by atoms with Crippen molar-refractivity contribution >= 4 is 5.91 Å². The molecule has 3 aromatic carbocycles. The quantitative estimate of drug-likeness (QED) is 0.348. The van der Waals surface area contributed by atoms with Gasteiger partial charge in [-0.25, -0.2) is 0 Å². The molecule has 4 aromatic rings. The first-order valence-corrected chi connectivity index (χ1v) is 13.8. The van der Waals surface area contributed by atoms with E-state index in [4.69, 9.17) is 4.74 Å². The number of nitrogens with zero attached hydrogens (tertiary/aromatic N) is 3. The number of hydrogen-bond acceptors (Lipinski definition) is 4. The first kappa shape index (κ1) is 25.0. The second kappa shape index (κ2) is 11.2. The van der Waals surface area contributed by atoms with Crippen molar-refractivity contribution in [1.82, 2.24) is 9.58 Å². The van der Waals surface area contributed by atoms with E-state index in [-0.39, 0.29) is 29.7 Å². The van der Waals surface area contributed by atoms with Gasteiger partial charge in [-0.05, 0) is 41.5 Å². The topological polar surface area (TPSA) is 54.8 Å². The van der Waals surface area contributed by atoms with Gasteiger partial charge in [0, 0.05) is 18.8 Å². The molecule has 6 heteroatoms. The van der Waals surface area contributed by atoms with Crippen LogP contribution in [0.4, 0.5) is 0 Å². The van der Waals surface area contributed by atoms with Crippen molar-refractivity contribution < 1.29 is 9.53 Å². The average molecular weight is 520 g/mol. The van der Waals surface area contributed by atoms with Crippen LogP contribution in [0.3, 0.4) is 0 Å². The first-order valence-electron chi connectivity index (χ1n) is 13.8. The van der Waals surface area contributed by atoms with Crippen LogP contribution in [0.15, 0.2) is 102 Å². The zero-order valence-corrected chi connectivity index (χ0v) is 22.0. The summed E-state index contributed by atoms with van der Waals surface area (Å²) in [5, 5.41) is 2.21. The molecule has 2 aliphatic rings. The Labute approximate surface area is 229 Å². The van der Waals surface area contributed by atoms with E-state index in [1.165, 1.54) is 17.2 Å². The summed E-state index contributed by atoms with van der Waals surface area (Å²) in [5.41, 5.74) is 4.61. The van der Waals surface area contributed by atoms with E-state index >= 15 is 0 Å². The number of carbonyl (C=O) groups excluding carboxylic acids is 1. The molecule has 0 saturated heterocycles. The van der Waals surface area contributed by atoms with Crippen molar-refractivity contribution in [3.05, 3.63) is 135 Å². The van der Waals surface area contributed by atoms with Gasteiger partial charge in [0.15, 0.2) is 11.4 Å². The molecule has 2 bridgehead atoms. The highest BCUT2D eigenvalue weighted by atomic mass is 16.5. The summed E-state index contributed by atoms with van der Waals surface area (Å²) in [6.45, 7) is 1.27. The fourth-order valence-corrected chi connectivity index (χ4v) is 5.77. The summed E-state index contributed by atoms with van der Waals surface area (Å²) < 4.78 is 7.99. The lowest BCUT2D eigenvalue weighted by Crippen LogP contribution is -2.56. The van der Waals surface area contributed by atoms with E-state index < -0.39 is 0 Å². The van der Waals surface area contributed by atoms with Gasteiger partial charge in [0.25, 0.3) is 5.91 Å². The maximum absolute atomic E-state index is 14.0. The van der Waals surface area contributed by atoms with Gasteiger partial charge in [0.1, 0.15) is 13.3 Å². The Balaban J connectivity index is 1.52. The fraction of sp³-hybridized carbons (Fsp3) is 0.273. The number of carbonyl (C=O) groups is 1. The van der Waals surface area contributed by atoms with Crippen molar-refractivity contribution in [3.63, 3.8) is 0 Å². The van der Waals surface area contributed by atoms with Gasteiger partial charge < -0.3 is 9.64 Å². The highest BCUT2D eigenvalue weighted by molar-refractivity contribution is 5.96. The molecular weight excluding hydrogens is 486 g/mol. The molecular formula is C33H33N3O3. The summed E-state index contributed by atoms with van der Waals surface area (Å²) in [5.74, 6) is -0.0580. The number of hydrogen-bond donors (Lipinski definition) is 0. The lowest BCUT2D eigenvalue weighted by molar-refractivity contribution is 0.0672. The summed E-state index contributed by atoms with van der Waals surface area (Å²) in [4.78, 5) is 29.0. The summed E-state index contributed by atoms with van der Waals surface area (Å²) in [6.07, 6.45) is 6.97. The Morgan fingerprint density at radius 3 is 2.31 bits per heavy atom. The predicted octanol–water partition coefficient (Wildman–Crippen LogP) is 5.68. The van der Waals surface area contributed by atoms with Gasteiger partial charge in [0.2, 0.25) is 5.43 Å². The van der Waals surface area contributed by atoms with Crippen molar-refractivity contribution in [1.29, 1.82) is 0 Å². The molecule has 198 valence electrons. The number of benzene rings is 3. The molecule has 1 amide bonds. The van der Waals surface area contributed by atoms with E-state index in [0.29, 0.717) is 18.9 Å². The molecule has 0 fully saturated rings. The molecule has 1 atom stereocenters. The smallest absolute Gasteiger partial charge is 0.277 e. The van der Waals surface area contributed by atoms with Crippen LogP contribution in [0, 0.1) is 0 Å². The van der Waals surface area contributed by atoms with Gasteiger partial charge in [-0.15, -0.1) is 0 Å². The normalized spacial score (nSPS) is 17.4. The minimum atomic E-state index is -0.287. The first-order chi connectivity index (χ1) is 19.2. The van der Waals surface area contributed by atoms with E-state index in [1.807, 2.05) is 46.0 Å². The highest BCUT2D eigenvalue weighted by Crippen LogP contribution is 2.35. The fourth-order valence-electron chi connectivity index (χ4n) is 5.77. The van der Waals surface area contributed by atoms with Gasteiger partial charge in [-0.2, -0.15) is 0 Å². The largest absolute Gasteiger partial charge is 0.482 e. The Hall–Kier alpha value is -4.32. The van der Waals surface area contributed by atoms with Crippen LogP contribution in [-0.2, 0) is 13.0 Å². The van der Waals surface area contributed by atoms with Crippen molar-refractivity contribution in [2.24, 2.45) is 0 Å². The molecule has 0 N–H and O–H groups in total. The minimum absolute atomic E-state index is 0.105. The SMILES string of the molecule is O=C1c2c(OCc3ccccc3)c(=O)ccn2N2CN1CCCCCCc1ccccc1C2c1ccccc1. The van der Waals surface area contributed by atoms with Crippen LogP contribution in [0.2, 0.25) is 0 Å². The third kappa shape index (κ3) is 5.07. The number of aromatic nitrogens is 1. The number of rotatable bonds is 4. The molecule has 6 rings (SSSR count). The highest BCUT2D eigenvalue weighted by Gasteiger charge is 2.37. The predicted molar refractivity (Wildman–Crippen MR) is 152 cm³/mol. The summed E-state index contributed by atoms with van der Waals surface area (Å²) >= 11 is 0. The second-order valence-corrected chi connectivity index (χ2v) is 10.3. The Bertz CT molecular complexity index is 1500. The third-order valence-electron chi connectivity index (χ3n) is 7.73. The molecule has 1 aromatic heterocycles. The van der Waals surface area contributed by atoms with Gasteiger partial charge >= 0.3 is 0 Å². The van der Waals surface area contributed by atoms with Crippen LogP contribution in [0.1, 0.15) is 64.5 Å². The van der Waals surface area contributed by atoms with Crippen molar-refractivity contribution in [2.75, 3.05) is 18.2 Å². The summed E-state index contributed by atoms with van der Waals surface area (Å²) in [7, 11) is 0. The zero-order valence-electron chi connectivity index (χ0n) is 22.0. The third-order valence-corrected chi connectivity index (χ3v) is 7.73. The average Bonchev–Trinajstić information content (AvgIpc) is 2.97. The molecule has 39 heavy (non-hydrogen) atoms. The lowest BCUT2D eigenvalue weighted by Gasteiger charge is -2.44. The molecule has 0 spiro atoms. The van der Waals surface area contributed by atoms with Gasteiger partial charge in [0.05, 0.1) is 6.04 Å². The van der Waals surface area contributed by atoms with E-state index in [9.17, 15) is 9.59 Å². The van der Waals surface area contributed by atoms with Gasteiger partial charge in [-0.3, -0.25) is 19.3 Å². The van der Waals surface area contributed by atoms with E-state index in [2.05, 4.69) is 53.5 Å². The number of pyridine rings is 1. The molecule has 1 unspecified atom stereocenters. The number of ether oxygens (including phenoxy) is 1. The Kier molecular flexibility index (Phi) is 7.17. The number of fused-ring (bicyclic) bond motifs is 5. The van der Waals surface area contributed by atoms with Crippen molar-refractivity contribution in [3.8, 4) is 5.75 Å². The van der Waals surface area contributed by atoms with Crippen LogP contribution in [0.5, 0.6) is 5.75 Å². The molecule has 2 aliphatic heterocycles. The monoisotopic (exact) mass is 519 g/mol. The number of aryl methyl sites for hydroxylation is 1. The molecule has 0 aliphatic carbocycles. The maximum Gasteiger partial charge on any atom is 0.277 e. The maximum atomic E-state index is 14.0. The Morgan fingerprint density at radius 2 is 1.49 bits per heavy atom. The van der Waals surface area contributed by atoms with E-state index in [0.717, 1.165) is 43.2 Å². The molecule has 6 nitrogen and oxygen atoms in total. The van der Waals surface area contributed by atoms with E-state index in [1.54, 1.807) is 6.20 Å². The van der Waals surface area contributed by atoms with Crippen molar-refractivity contribution in [2.45, 2.75) is 44.8 Å². The number of amides is 1. The molecule has 0 saturated carbocycles. The summed E-state index contributed by atoms with van der Waals surface area (Å²) in [6, 6.07) is 30.1. The molecule has 0 radical (unpaired) electrons. The van der Waals surface area contributed by atoms with Crippen LogP contribution < -0.4 is 15.2 Å². The standard InChI is InChI=1S/C33H33N3O3/c37-29-20-22-35-31(32(29)39-23-25-13-5-3-6-14-25)33(38)34-21-12-2-1-7-15-26-16-10-11-19-28(26)30(36(35)24-34)27-17-8-4-9-18-27/h3-6,8-11,13-14,16-20,22,30H,1-2,7,12,15,21,23-24H2. The minimum Gasteiger partial charge on any atom is -0.482 e. The van der Waals surface area contributed by atoms with Crippen LogP contribution in [0.25, 0.3) is 0 Å². The van der Waals surface area contributed by atoms with Gasteiger partial charge in [-0.1, -0.05) is 97.8 Å². The molecule has 3 heterocycles. The Morgan fingerprint density at radius 1 is 0.769 bits per heavy atom. The zero-order chi connectivity index (χ0) is 26.6. The lowest BCUT2D eigenvalue weighted by atomic mass is 9.91.